The minimum Gasteiger partial charge on any atom is -0.434 e. The van der Waals surface area contributed by atoms with Crippen LogP contribution in [0.5, 0.6) is 11.6 Å². The lowest BCUT2D eigenvalue weighted by molar-refractivity contribution is -0.385. The Labute approximate surface area is 148 Å². The van der Waals surface area contributed by atoms with E-state index >= 15 is 0 Å². The van der Waals surface area contributed by atoms with E-state index in [2.05, 4.69) is 15.3 Å². The highest BCUT2D eigenvalue weighted by molar-refractivity contribution is 6.31. The van der Waals surface area contributed by atoms with Gasteiger partial charge in [-0.3, -0.25) is 10.1 Å². The van der Waals surface area contributed by atoms with Crippen molar-refractivity contribution in [3.8, 4) is 11.6 Å². The Morgan fingerprint density at radius 2 is 1.92 bits per heavy atom. The molecule has 7 nitrogen and oxygen atoms in total. The second-order valence-corrected chi connectivity index (χ2v) is 5.54. The third-order valence-electron chi connectivity index (χ3n) is 3.36. The lowest BCUT2D eigenvalue weighted by atomic mass is 10.2. The number of para-hydroxylation sites is 1. The molecule has 3 aromatic rings. The summed E-state index contributed by atoms with van der Waals surface area (Å²) in [5, 5.41) is 15.0. The van der Waals surface area contributed by atoms with E-state index in [4.69, 9.17) is 16.3 Å². The van der Waals surface area contributed by atoms with Gasteiger partial charge in [0.15, 0.2) is 0 Å². The number of nitrogens with zero attached hydrogens (tertiary/aromatic N) is 3. The van der Waals surface area contributed by atoms with Gasteiger partial charge >= 0.3 is 11.6 Å². The van der Waals surface area contributed by atoms with Crippen LogP contribution in [0.1, 0.15) is 5.56 Å². The van der Waals surface area contributed by atoms with Crippen molar-refractivity contribution in [3.63, 3.8) is 0 Å². The van der Waals surface area contributed by atoms with Crippen LogP contribution in [0.3, 0.4) is 0 Å². The minimum absolute atomic E-state index is 0.0193. The van der Waals surface area contributed by atoms with Crippen molar-refractivity contribution in [3.05, 3.63) is 75.6 Å². The summed E-state index contributed by atoms with van der Waals surface area (Å²) in [5.41, 5.74) is 1.11. The number of nitro groups is 1. The average Bonchev–Trinajstić information content (AvgIpc) is 2.59. The van der Waals surface area contributed by atoms with Crippen LogP contribution in [0.4, 0.5) is 17.2 Å². The van der Waals surface area contributed by atoms with Crippen molar-refractivity contribution < 1.29 is 9.66 Å². The normalized spacial score (nSPS) is 10.3. The standard InChI is InChI=1S/C17H13ClN4O3/c1-11-7-8-12(9-14(11)18)21-16-15(22(23)24)17(20-10-19-16)25-13-5-3-2-4-6-13/h2-10H,1H3,(H,19,20,21). The Morgan fingerprint density at radius 1 is 1.16 bits per heavy atom. The maximum Gasteiger partial charge on any atom is 0.373 e. The zero-order valence-electron chi connectivity index (χ0n) is 13.1. The van der Waals surface area contributed by atoms with Gasteiger partial charge in [-0.05, 0) is 36.8 Å². The van der Waals surface area contributed by atoms with Gasteiger partial charge in [0.05, 0.1) is 4.92 Å². The molecule has 1 aromatic heterocycles. The summed E-state index contributed by atoms with van der Waals surface area (Å²) >= 11 is 6.09. The first kappa shape index (κ1) is 16.7. The van der Waals surface area contributed by atoms with Gasteiger partial charge in [-0.25, -0.2) is 4.98 Å². The van der Waals surface area contributed by atoms with E-state index in [1.54, 1.807) is 42.5 Å². The number of ether oxygens (including phenoxy) is 1. The Bertz CT molecular complexity index is 919. The van der Waals surface area contributed by atoms with Gasteiger partial charge in [0.2, 0.25) is 5.82 Å². The zero-order valence-corrected chi connectivity index (χ0v) is 13.9. The highest BCUT2D eigenvalue weighted by atomic mass is 35.5. The Balaban J connectivity index is 1.97. The number of anilines is 2. The van der Waals surface area contributed by atoms with Crippen LogP contribution >= 0.6 is 11.6 Å². The summed E-state index contributed by atoms with van der Waals surface area (Å²) in [6.07, 6.45) is 1.20. The molecule has 0 amide bonds. The first-order chi connectivity index (χ1) is 12.0. The summed E-state index contributed by atoms with van der Waals surface area (Å²) in [4.78, 5) is 18.8. The molecule has 0 unspecified atom stereocenters. The van der Waals surface area contributed by atoms with Gasteiger partial charge in [-0.2, -0.15) is 4.98 Å². The van der Waals surface area contributed by atoms with E-state index in [0.29, 0.717) is 16.5 Å². The van der Waals surface area contributed by atoms with Gasteiger partial charge in [-0.15, -0.1) is 0 Å². The van der Waals surface area contributed by atoms with Crippen LogP contribution < -0.4 is 10.1 Å². The van der Waals surface area contributed by atoms with E-state index in [9.17, 15) is 10.1 Å². The third kappa shape index (κ3) is 3.84. The van der Waals surface area contributed by atoms with Crippen molar-refractivity contribution in [2.75, 3.05) is 5.32 Å². The third-order valence-corrected chi connectivity index (χ3v) is 3.77. The first-order valence-electron chi connectivity index (χ1n) is 7.30. The molecule has 1 N–H and O–H groups in total. The molecule has 3 rings (SSSR count). The molecule has 0 aliphatic heterocycles. The molecule has 0 atom stereocenters. The number of rotatable bonds is 5. The summed E-state index contributed by atoms with van der Waals surface area (Å²) in [6.45, 7) is 1.87. The Morgan fingerprint density at radius 3 is 2.60 bits per heavy atom. The molecule has 126 valence electrons. The number of benzene rings is 2. The summed E-state index contributed by atoms with van der Waals surface area (Å²) in [6, 6.07) is 13.9. The molecule has 0 fully saturated rings. The highest BCUT2D eigenvalue weighted by Crippen LogP contribution is 2.35. The highest BCUT2D eigenvalue weighted by Gasteiger charge is 2.25. The zero-order chi connectivity index (χ0) is 17.8. The molecule has 0 aliphatic rings. The maximum atomic E-state index is 11.5. The Hall–Kier alpha value is -3.19. The molecule has 0 saturated carbocycles. The molecule has 8 heteroatoms. The van der Waals surface area contributed by atoms with Crippen LogP contribution in [-0.2, 0) is 0 Å². The quantitative estimate of drug-likeness (QED) is 0.517. The fraction of sp³-hybridized carbons (Fsp3) is 0.0588. The fourth-order valence-electron chi connectivity index (χ4n) is 2.10. The van der Waals surface area contributed by atoms with Crippen molar-refractivity contribution in [2.24, 2.45) is 0 Å². The summed E-state index contributed by atoms with van der Waals surface area (Å²) < 4.78 is 5.53. The fourth-order valence-corrected chi connectivity index (χ4v) is 2.28. The number of hydrogen-bond acceptors (Lipinski definition) is 6. The molecule has 25 heavy (non-hydrogen) atoms. The number of hydrogen-bond donors (Lipinski definition) is 1. The largest absolute Gasteiger partial charge is 0.434 e. The second-order valence-electron chi connectivity index (χ2n) is 5.14. The molecule has 0 saturated heterocycles. The predicted octanol–water partition coefficient (Wildman–Crippen LogP) is 4.88. The second kappa shape index (κ2) is 7.14. The van der Waals surface area contributed by atoms with E-state index in [0.717, 1.165) is 5.56 Å². The van der Waals surface area contributed by atoms with E-state index in [1.165, 1.54) is 6.33 Å². The lowest BCUT2D eigenvalue weighted by Crippen LogP contribution is -2.03. The minimum atomic E-state index is -0.587. The topological polar surface area (TPSA) is 90.2 Å². The van der Waals surface area contributed by atoms with Crippen LogP contribution in [0.2, 0.25) is 5.02 Å². The van der Waals surface area contributed by atoms with Crippen molar-refractivity contribution in [2.45, 2.75) is 6.92 Å². The lowest BCUT2D eigenvalue weighted by Gasteiger charge is -2.10. The van der Waals surface area contributed by atoms with Crippen LogP contribution in [0, 0.1) is 17.0 Å². The van der Waals surface area contributed by atoms with E-state index in [-0.39, 0.29) is 17.4 Å². The molecular weight excluding hydrogens is 344 g/mol. The summed E-state index contributed by atoms with van der Waals surface area (Å²) in [5.74, 6) is 0.311. The van der Waals surface area contributed by atoms with Gasteiger partial charge < -0.3 is 10.1 Å². The number of aromatic nitrogens is 2. The number of halogens is 1. The molecule has 0 bridgehead atoms. The number of aryl methyl sites for hydroxylation is 1. The molecule has 0 aliphatic carbocycles. The van der Waals surface area contributed by atoms with Gasteiger partial charge in [0, 0.05) is 10.7 Å². The maximum absolute atomic E-state index is 11.5. The number of nitrogens with one attached hydrogen (secondary N) is 1. The van der Waals surface area contributed by atoms with Gasteiger partial charge in [0.1, 0.15) is 12.1 Å². The Kier molecular flexibility index (Phi) is 4.76. The van der Waals surface area contributed by atoms with Gasteiger partial charge in [0.25, 0.3) is 0 Å². The molecule has 0 radical (unpaired) electrons. The molecular formula is C17H13ClN4O3. The van der Waals surface area contributed by atoms with Gasteiger partial charge in [-0.1, -0.05) is 35.9 Å². The van der Waals surface area contributed by atoms with E-state index in [1.807, 2.05) is 13.0 Å². The molecule has 1 heterocycles. The van der Waals surface area contributed by atoms with Crippen molar-refractivity contribution >= 4 is 28.8 Å². The van der Waals surface area contributed by atoms with E-state index < -0.39 is 4.92 Å². The summed E-state index contributed by atoms with van der Waals surface area (Å²) in [7, 11) is 0. The molecule has 2 aromatic carbocycles. The van der Waals surface area contributed by atoms with Crippen LogP contribution in [0.25, 0.3) is 0 Å². The van der Waals surface area contributed by atoms with Crippen LogP contribution in [-0.4, -0.2) is 14.9 Å². The van der Waals surface area contributed by atoms with Crippen molar-refractivity contribution in [1.29, 1.82) is 0 Å². The van der Waals surface area contributed by atoms with Crippen molar-refractivity contribution in [1.82, 2.24) is 9.97 Å². The SMILES string of the molecule is Cc1ccc(Nc2ncnc(Oc3ccccc3)c2[N+](=O)[O-])cc1Cl. The predicted molar refractivity (Wildman–Crippen MR) is 94.7 cm³/mol. The first-order valence-corrected chi connectivity index (χ1v) is 7.68. The van der Waals surface area contributed by atoms with Crippen LogP contribution in [0.15, 0.2) is 54.9 Å². The average molecular weight is 357 g/mol. The molecule has 0 spiro atoms. The monoisotopic (exact) mass is 356 g/mol. The smallest absolute Gasteiger partial charge is 0.373 e.